The van der Waals surface area contributed by atoms with Gasteiger partial charge in [0, 0.05) is 16.6 Å². The quantitative estimate of drug-likeness (QED) is 0.873. The molecular formula is C15H12BrClFNO. The minimum Gasteiger partial charge on any atom is -0.352 e. The van der Waals surface area contributed by atoms with E-state index in [0.29, 0.717) is 29.1 Å². The van der Waals surface area contributed by atoms with Crippen molar-refractivity contribution in [3.05, 3.63) is 68.9 Å². The fraction of sp³-hybridized carbons (Fsp3) is 0.133. The normalized spacial score (nSPS) is 10.3. The third kappa shape index (κ3) is 3.81. The van der Waals surface area contributed by atoms with Crippen molar-refractivity contribution >= 4 is 33.4 Å². The average Bonchev–Trinajstić information content (AvgIpc) is 2.44. The number of amides is 1. The minimum absolute atomic E-state index is 0.226. The molecule has 0 bridgehead atoms. The van der Waals surface area contributed by atoms with E-state index in [2.05, 4.69) is 21.2 Å². The molecule has 0 atom stereocenters. The van der Waals surface area contributed by atoms with Gasteiger partial charge in [-0.3, -0.25) is 4.79 Å². The summed E-state index contributed by atoms with van der Waals surface area (Å²) in [6.45, 7) is 0.369. The van der Waals surface area contributed by atoms with Crippen LogP contribution in [0.1, 0.15) is 15.9 Å². The SMILES string of the molecule is O=C(NCCc1ccccc1F)c1ccc(Br)c(Cl)c1. The zero-order valence-electron chi connectivity index (χ0n) is 10.5. The molecule has 1 amide bonds. The van der Waals surface area contributed by atoms with Crippen LogP contribution in [0.4, 0.5) is 4.39 Å². The number of hydrogen-bond acceptors (Lipinski definition) is 1. The van der Waals surface area contributed by atoms with Crippen LogP contribution in [0.5, 0.6) is 0 Å². The van der Waals surface area contributed by atoms with Crippen molar-refractivity contribution in [2.75, 3.05) is 6.54 Å². The molecule has 0 radical (unpaired) electrons. The largest absolute Gasteiger partial charge is 0.352 e. The summed E-state index contributed by atoms with van der Waals surface area (Å²) in [6.07, 6.45) is 0.447. The lowest BCUT2D eigenvalue weighted by Gasteiger charge is -2.07. The van der Waals surface area contributed by atoms with Gasteiger partial charge in [-0.25, -0.2) is 4.39 Å². The third-order valence-corrected chi connectivity index (χ3v) is 4.05. The van der Waals surface area contributed by atoms with E-state index in [0.717, 1.165) is 4.47 Å². The van der Waals surface area contributed by atoms with Crippen molar-refractivity contribution in [2.24, 2.45) is 0 Å². The zero-order chi connectivity index (χ0) is 14.5. The summed E-state index contributed by atoms with van der Waals surface area (Å²) < 4.78 is 14.1. The Bertz CT molecular complexity index is 633. The highest BCUT2D eigenvalue weighted by atomic mass is 79.9. The van der Waals surface area contributed by atoms with Gasteiger partial charge in [0.1, 0.15) is 5.82 Å². The standard InChI is InChI=1S/C15H12BrClFNO/c16-12-6-5-11(9-13(12)17)15(20)19-8-7-10-3-1-2-4-14(10)18/h1-6,9H,7-8H2,(H,19,20). The van der Waals surface area contributed by atoms with E-state index in [-0.39, 0.29) is 11.7 Å². The molecule has 20 heavy (non-hydrogen) atoms. The highest BCUT2D eigenvalue weighted by Gasteiger charge is 2.08. The molecule has 0 aliphatic rings. The van der Waals surface area contributed by atoms with Gasteiger partial charge in [-0.15, -0.1) is 0 Å². The third-order valence-electron chi connectivity index (χ3n) is 2.82. The summed E-state index contributed by atoms with van der Waals surface area (Å²) in [6, 6.07) is 11.5. The van der Waals surface area contributed by atoms with Crippen LogP contribution < -0.4 is 5.32 Å². The lowest BCUT2D eigenvalue weighted by atomic mass is 10.1. The van der Waals surface area contributed by atoms with Crippen molar-refractivity contribution in [2.45, 2.75) is 6.42 Å². The number of halogens is 3. The summed E-state index contributed by atoms with van der Waals surface area (Å²) in [7, 11) is 0. The predicted octanol–water partition coefficient (Wildman–Crippen LogP) is 4.21. The Morgan fingerprint density at radius 2 is 2.00 bits per heavy atom. The molecule has 0 aliphatic carbocycles. The fourth-order valence-corrected chi connectivity index (χ4v) is 2.18. The van der Waals surface area contributed by atoms with Gasteiger partial charge in [0.05, 0.1) is 5.02 Å². The van der Waals surface area contributed by atoms with E-state index in [1.165, 1.54) is 6.07 Å². The molecule has 0 saturated carbocycles. The molecule has 0 aliphatic heterocycles. The van der Waals surface area contributed by atoms with Gasteiger partial charge in [0.25, 0.3) is 5.91 Å². The number of rotatable bonds is 4. The number of hydrogen-bond donors (Lipinski definition) is 1. The van der Waals surface area contributed by atoms with Gasteiger partial charge in [-0.2, -0.15) is 0 Å². The molecule has 0 spiro atoms. The Morgan fingerprint density at radius 3 is 2.70 bits per heavy atom. The van der Waals surface area contributed by atoms with Crippen LogP contribution in [0.15, 0.2) is 46.9 Å². The summed E-state index contributed by atoms with van der Waals surface area (Å²) >= 11 is 9.20. The van der Waals surface area contributed by atoms with Gasteiger partial charge < -0.3 is 5.32 Å². The van der Waals surface area contributed by atoms with E-state index in [9.17, 15) is 9.18 Å². The molecule has 2 rings (SSSR count). The summed E-state index contributed by atoms with van der Waals surface area (Å²) in [5.74, 6) is -0.482. The van der Waals surface area contributed by atoms with Crippen LogP contribution >= 0.6 is 27.5 Å². The Kier molecular flexibility index (Phi) is 5.15. The van der Waals surface area contributed by atoms with Crippen molar-refractivity contribution in [3.63, 3.8) is 0 Å². The molecular weight excluding hydrogens is 345 g/mol. The van der Waals surface area contributed by atoms with Crippen molar-refractivity contribution in [3.8, 4) is 0 Å². The molecule has 0 heterocycles. The molecule has 0 unspecified atom stereocenters. The van der Waals surface area contributed by atoms with Crippen LogP contribution in [-0.2, 0) is 6.42 Å². The van der Waals surface area contributed by atoms with Crippen molar-refractivity contribution < 1.29 is 9.18 Å². The van der Waals surface area contributed by atoms with Crippen LogP contribution in [-0.4, -0.2) is 12.5 Å². The Morgan fingerprint density at radius 1 is 1.25 bits per heavy atom. The first kappa shape index (κ1) is 15.0. The van der Waals surface area contributed by atoms with Gasteiger partial charge in [-0.1, -0.05) is 29.8 Å². The number of carbonyl (C=O) groups excluding carboxylic acids is 1. The fourth-order valence-electron chi connectivity index (χ4n) is 1.75. The van der Waals surface area contributed by atoms with Crippen LogP contribution in [0.2, 0.25) is 5.02 Å². The Labute approximate surface area is 130 Å². The summed E-state index contributed by atoms with van der Waals surface area (Å²) in [5.41, 5.74) is 1.06. The lowest BCUT2D eigenvalue weighted by molar-refractivity contribution is 0.0954. The second-order valence-corrected chi connectivity index (χ2v) is 5.49. The first-order valence-electron chi connectivity index (χ1n) is 6.04. The van der Waals surface area contributed by atoms with Gasteiger partial charge in [0.15, 0.2) is 0 Å². The second kappa shape index (κ2) is 6.86. The van der Waals surface area contributed by atoms with Crippen molar-refractivity contribution in [1.29, 1.82) is 0 Å². The Balaban J connectivity index is 1.92. The molecule has 2 aromatic rings. The lowest BCUT2D eigenvalue weighted by Crippen LogP contribution is -2.25. The molecule has 0 saturated heterocycles. The summed E-state index contributed by atoms with van der Waals surface area (Å²) in [4.78, 5) is 11.9. The summed E-state index contributed by atoms with van der Waals surface area (Å²) in [5, 5.41) is 3.22. The van der Waals surface area contributed by atoms with Crippen LogP contribution in [0.3, 0.4) is 0 Å². The van der Waals surface area contributed by atoms with Gasteiger partial charge in [-0.05, 0) is 52.2 Å². The second-order valence-electron chi connectivity index (χ2n) is 4.23. The number of benzene rings is 2. The van der Waals surface area contributed by atoms with E-state index >= 15 is 0 Å². The first-order valence-corrected chi connectivity index (χ1v) is 7.21. The maximum atomic E-state index is 13.4. The highest BCUT2D eigenvalue weighted by Crippen LogP contribution is 2.23. The maximum Gasteiger partial charge on any atom is 0.251 e. The number of carbonyl (C=O) groups is 1. The first-order chi connectivity index (χ1) is 9.58. The smallest absolute Gasteiger partial charge is 0.251 e. The van der Waals surface area contributed by atoms with E-state index < -0.39 is 0 Å². The molecule has 0 fully saturated rings. The Hall–Kier alpha value is -1.39. The van der Waals surface area contributed by atoms with E-state index in [1.807, 2.05) is 0 Å². The average molecular weight is 357 g/mol. The zero-order valence-corrected chi connectivity index (χ0v) is 12.8. The maximum absolute atomic E-state index is 13.4. The number of nitrogens with one attached hydrogen (secondary N) is 1. The van der Waals surface area contributed by atoms with Gasteiger partial charge >= 0.3 is 0 Å². The molecule has 104 valence electrons. The molecule has 2 nitrogen and oxygen atoms in total. The molecule has 2 aromatic carbocycles. The molecule has 0 aromatic heterocycles. The van der Waals surface area contributed by atoms with Crippen LogP contribution in [0.25, 0.3) is 0 Å². The topological polar surface area (TPSA) is 29.1 Å². The molecule has 5 heteroatoms. The van der Waals surface area contributed by atoms with E-state index in [1.54, 1.807) is 36.4 Å². The van der Waals surface area contributed by atoms with E-state index in [4.69, 9.17) is 11.6 Å². The predicted molar refractivity (Wildman–Crippen MR) is 81.6 cm³/mol. The van der Waals surface area contributed by atoms with Crippen LogP contribution in [0, 0.1) is 5.82 Å². The minimum atomic E-state index is -0.256. The highest BCUT2D eigenvalue weighted by molar-refractivity contribution is 9.10. The molecule has 1 N–H and O–H groups in total. The monoisotopic (exact) mass is 355 g/mol. The van der Waals surface area contributed by atoms with Gasteiger partial charge in [0.2, 0.25) is 0 Å². The van der Waals surface area contributed by atoms with Crippen molar-refractivity contribution in [1.82, 2.24) is 5.32 Å².